The van der Waals surface area contributed by atoms with Crippen molar-refractivity contribution in [3.63, 3.8) is 0 Å². The third-order valence-electron chi connectivity index (χ3n) is 4.75. The summed E-state index contributed by atoms with van der Waals surface area (Å²) in [7, 11) is 0.620. The van der Waals surface area contributed by atoms with Gasteiger partial charge in [0, 0.05) is 31.9 Å². The molecule has 0 radical (unpaired) electrons. The van der Waals surface area contributed by atoms with Crippen molar-refractivity contribution in [2.24, 2.45) is 0 Å². The van der Waals surface area contributed by atoms with Gasteiger partial charge in [0.25, 0.3) is 0 Å². The molecule has 3 rings (SSSR count). The Morgan fingerprint density at radius 2 is 1.88 bits per heavy atom. The van der Waals surface area contributed by atoms with Gasteiger partial charge >= 0.3 is 0 Å². The zero-order valence-electron chi connectivity index (χ0n) is 14.9. The summed E-state index contributed by atoms with van der Waals surface area (Å²) in [5.74, 6) is -0.0871. The monoisotopic (exact) mass is 366 g/mol. The van der Waals surface area contributed by atoms with Crippen molar-refractivity contribution in [3.8, 4) is 0 Å². The highest BCUT2D eigenvalue weighted by Crippen LogP contribution is 2.27. The molecule has 2 aliphatic rings. The molecule has 7 nitrogen and oxygen atoms in total. The fourth-order valence-electron chi connectivity index (χ4n) is 3.32. The first-order valence-electron chi connectivity index (χ1n) is 8.66. The van der Waals surface area contributed by atoms with E-state index < -0.39 is 10.0 Å². The first-order valence-corrected chi connectivity index (χ1v) is 10.1. The van der Waals surface area contributed by atoms with Crippen LogP contribution in [0.25, 0.3) is 0 Å². The standard InChI is InChI=1S/C17H26N4O3S/c1-19(2)6-3-7-20-8-10-21(11-9-20)25(23,24)15-4-5-16-14(12-15)13-17(22)18-16/h4-5,12H,3,6-11,13H2,1-2H3,(H,18,22). The minimum absolute atomic E-state index is 0.0871. The number of rotatable bonds is 6. The Labute approximate surface area is 149 Å². The average Bonchev–Trinajstić information content (AvgIpc) is 2.94. The van der Waals surface area contributed by atoms with Gasteiger partial charge in [-0.1, -0.05) is 0 Å². The molecule has 1 amide bonds. The Kier molecular flexibility index (Phi) is 5.43. The Morgan fingerprint density at radius 3 is 2.56 bits per heavy atom. The summed E-state index contributed by atoms with van der Waals surface area (Å²) in [6.45, 7) is 4.59. The number of anilines is 1. The van der Waals surface area contributed by atoms with Crippen LogP contribution in [-0.4, -0.2) is 81.8 Å². The number of carbonyl (C=O) groups excluding carboxylic acids is 1. The minimum atomic E-state index is -3.50. The van der Waals surface area contributed by atoms with Crippen molar-refractivity contribution in [1.29, 1.82) is 0 Å². The number of hydrogen-bond donors (Lipinski definition) is 1. The molecule has 0 aromatic heterocycles. The zero-order valence-corrected chi connectivity index (χ0v) is 15.7. The molecule has 138 valence electrons. The van der Waals surface area contributed by atoms with Crippen molar-refractivity contribution in [2.45, 2.75) is 17.7 Å². The van der Waals surface area contributed by atoms with Crippen molar-refractivity contribution in [2.75, 3.05) is 58.7 Å². The average molecular weight is 366 g/mol. The van der Waals surface area contributed by atoms with Gasteiger partial charge in [-0.25, -0.2) is 8.42 Å². The van der Waals surface area contributed by atoms with E-state index in [1.165, 1.54) is 0 Å². The van der Waals surface area contributed by atoms with Gasteiger partial charge in [-0.15, -0.1) is 0 Å². The summed E-state index contributed by atoms with van der Waals surface area (Å²) < 4.78 is 27.3. The molecule has 0 atom stereocenters. The number of nitrogens with zero attached hydrogens (tertiary/aromatic N) is 3. The summed E-state index contributed by atoms with van der Waals surface area (Å²) in [6.07, 6.45) is 1.34. The van der Waals surface area contributed by atoms with Gasteiger partial charge in [0.05, 0.1) is 11.3 Å². The van der Waals surface area contributed by atoms with Crippen molar-refractivity contribution in [1.82, 2.24) is 14.1 Å². The quantitative estimate of drug-likeness (QED) is 0.791. The third kappa shape index (κ3) is 4.20. The Hall–Kier alpha value is -1.48. The van der Waals surface area contributed by atoms with E-state index in [4.69, 9.17) is 0 Å². The summed E-state index contributed by atoms with van der Waals surface area (Å²) in [5.41, 5.74) is 1.48. The molecule has 0 bridgehead atoms. The maximum absolute atomic E-state index is 12.9. The summed E-state index contributed by atoms with van der Waals surface area (Å²) in [5, 5.41) is 2.73. The van der Waals surface area contributed by atoms with Crippen LogP contribution in [-0.2, 0) is 21.2 Å². The van der Waals surface area contributed by atoms with Crippen LogP contribution in [0.4, 0.5) is 5.69 Å². The molecule has 8 heteroatoms. The fraction of sp³-hybridized carbons (Fsp3) is 0.588. The van der Waals surface area contributed by atoms with Crippen LogP contribution >= 0.6 is 0 Å². The van der Waals surface area contributed by atoms with Crippen LogP contribution < -0.4 is 5.32 Å². The van der Waals surface area contributed by atoms with Gasteiger partial charge in [-0.3, -0.25) is 4.79 Å². The SMILES string of the molecule is CN(C)CCCN1CCN(S(=O)(=O)c2ccc3c(c2)CC(=O)N3)CC1. The van der Waals surface area contributed by atoms with E-state index in [-0.39, 0.29) is 17.2 Å². The number of hydrogen-bond acceptors (Lipinski definition) is 5. The topological polar surface area (TPSA) is 73.0 Å². The normalized spacial score (nSPS) is 19.2. The number of sulfonamides is 1. The minimum Gasteiger partial charge on any atom is -0.326 e. The maximum atomic E-state index is 12.9. The second kappa shape index (κ2) is 7.41. The van der Waals surface area contributed by atoms with E-state index in [9.17, 15) is 13.2 Å². The second-order valence-corrected chi connectivity index (χ2v) is 8.88. The number of fused-ring (bicyclic) bond motifs is 1. The smallest absolute Gasteiger partial charge is 0.243 e. The van der Waals surface area contributed by atoms with E-state index in [2.05, 4.69) is 29.2 Å². The summed E-state index contributed by atoms with van der Waals surface area (Å²) in [4.78, 5) is 16.2. The van der Waals surface area contributed by atoms with Gasteiger partial charge in [0.2, 0.25) is 15.9 Å². The van der Waals surface area contributed by atoms with E-state index in [0.717, 1.165) is 43.9 Å². The lowest BCUT2D eigenvalue weighted by molar-refractivity contribution is -0.115. The highest BCUT2D eigenvalue weighted by molar-refractivity contribution is 7.89. The van der Waals surface area contributed by atoms with Gasteiger partial charge in [-0.05, 0) is 57.4 Å². The number of piperazine rings is 1. The highest BCUT2D eigenvalue weighted by atomic mass is 32.2. The predicted octanol–water partition coefficient (Wildman–Crippen LogP) is 0.439. The number of amides is 1. The third-order valence-corrected chi connectivity index (χ3v) is 6.65. The van der Waals surface area contributed by atoms with Gasteiger partial charge < -0.3 is 15.1 Å². The van der Waals surface area contributed by atoms with Crippen molar-refractivity contribution < 1.29 is 13.2 Å². The van der Waals surface area contributed by atoms with Crippen LogP contribution in [0.5, 0.6) is 0 Å². The van der Waals surface area contributed by atoms with Gasteiger partial charge in [0.15, 0.2) is 0 Å². The fourth-order valence-corrected chi connectivity index (χ4v) is 4.79. The Morgan fingerprint density at radius 1 is 1.16 bits per heavy atom. The first kappa shape index (κ1) is 18.3. The largest absolute Gasteiger partial charge is 0.326 e. The maximum Gasteiger partial charge on any atom is 0.243 e. The molecule has 1 aromatic rings. The molecule has 25 heavy (non-hydrogen) atoms. The van der Waals surface area contributed by atoms with Crippen LogP contribution in [0, 0.1) is 0 Å². The van der Waals surface area contributed by atoms with Crippen LogP contribution in [0.3, 0.4) is 0 Å². The number of benzene rings is 1. The van der Waals surface area contributed by atoms with Crippen molar-refractivity contribution >= 4 is 21.6 Å². The second-order valence-electron chi connectivity index (χ2n) is 6.95. The van der Waals surface area contributed by atoms with Crippen LogP contribution in [0.2, 0.25) is 0 Å². The predicted molar refractivity (Wildman–Crippen MR) is 97.1 cm³/mol. The van der Waals surface area contributed by atoms with Crippen LogP contribution in [0.1, 0.15) is 12.0 Å². The van der Waals surface area contributed by atoms with Gasteiger partial charge in [-0.2, -0.15) is 4.31 Å². The van der Waals surface area contributed by atoms with E-state index >= 15 is 0 Å². The molecule has 0 saturated carbocycles. The molecular formula is C17H26N4O3S. The summed E-state index contributed by atoms with van der Waals surface area (Å²) in [6, 6.07) is 4.90. The lowest BCUT2D eigenvalue weighted by Crippen LogP contribution is -2.48. The number of nitrogens with one attached hydrogen (secondary N) is 1. The van der Waals surface area contributed by atoms with E-state index in [1.54, 1.807) is 22.5 Å². The Balaban J connectivity index is 1.61. The van der Waals surface area contributed by atoms with Gasteiger partial charge in [0.1, 0.15) is 0 Å². The van der Waals surface area contributed by atoms with E-state index in [0.29, 0.717) is 13.1 Å². The molecule has 1 fully saturated rings. The molecule has 0 spiro atoms. The molecule has 1 saturated heterocycles. The lowest BCUT2D eigenvalue weighted by Gasteiger charge is -2.34. The molecule has 0 aliphatic carbocycles. The number of carbonyl (C=O) groups is 1. The Bertz CT molecular complexity index is 740. The molecule has 2 heterocycles. The lowest BCUT2D eigenvalue weighted by atomic mass is 10.2. The molecule has 2 aliphatic heterocycles. The molecule has 1 aromatic carbocycles. The molecule has 1 N–H and O–H groups in total. The first-order chi connectivity index (χ1) is 11.9. The molecule has 0 unspecified atom stereocenters. The highest BCUT2D eigenvalue weighted by Gasteiger charge is 2.29. The zero-order chi connectivity index (χ0) is 18.0. The van der Waals surface area contributed by atoms with Crippen LogP contribution in [0.15, 0.2) is 23.1 Å². The van der Waals surface area contributed by atoms with Crippen molar-refractivity contribution in [3.05, 3.63) is 23.8 Å². The summed E-state index contributed by atoms with van der Waals surface area (Å²) >= 11 is 0. The molecular weight excluding hydrogens is 340 g/mol. The van der Waals surface area contributed by atoms with E-state index in [1.807, 2.05) is 0 Å².